The van der Waals surface area contributed by atoms with Crippen LogP contribution in [-0.4, -0.2) is 21.6 Å². The third kappa shape index (κ3) is 2.20. The molecule has 1 aromatic carbocycles. The topological polar surface area (TPSA) is 40.5 Å². The summed E-state index contributed by atoms with van der Waals surface area (Å²) in [5, 5.41) is 10.3. The third-order valence-corrected chi connectivity index (χ3v) is 3.37. The summed E-state index contributed by atoms with van der Waals surface area (Å²) in [6.45, 7) is 5.95. The van der Waals surface area contributed by atoms with Crippen molar-refractivity contribution < 1.29 is 9.90 Å². The van der Waals surface area contributed by atoms with Gasteiger partial charge in [-0.15, -0.1) is 0 Å². The van der Waals surface area contributed by atoms with Crippen LogP contribution in [0, 0.1) is 5.41 Å². The Morgan fingerprint density at radius 3 is 2.29 bits per heavy atom. The molecule has 1 aliphatic rings. The Morgan fingerprint density at radius 1 is 1.24 bits per heavy atom. The zero-order valence-corrected chi connectivity index (χ0v) is 10.6. The van der Waals surface area contributed by atoms with Crippen LogP contribution < -0.4 is 0 Å². The first kappa shape index (κ1) is 12.1. The largest absolute Gasteiger partial charge is 0.371 e. The van der Waals surface area contributed by atoms with E-state index in [0.717, 1.165) is 5.56 Å². The monoisotopic (exact) mass is 233 g/mol. The fraction of sp³-hybridized carbons (Fsp3) is 0.500. The van der Waals surface area contributed by atoms with Crippen LogP contribution in [0.5, 0.6) is 0 Å². The van der Waals surface area contributed by atoms with Gasteiger partial charge in [-0.2, -0.15) is 0 Å². The van der Waals surface area contributed by atoms with Crippen molar-refractivity contribution in [3.05, 3.63) is 35.9 Å². The molecule has 0 bridgehead atoms. The predicted molar refractivity (Wildman–Crippen MR) is 66.0 cm³/mol. The van der Waals surface area contributed by atoms with Gasteiger partial charge in [-0.25, -0.2) is 0 Å². The van der Waals surface area contributed by atoms with Crippen LogP contribution in [0.2, 0.25) is 0 Å². The van der Waals surface area contributed by atoms with Crippen LogP contribution in [0.1, 0.15) is 32.8 Å². The summed E-state index contributed by atoms with van der Waals surface area (Å²) in [5.74, 6) is 0.0198. The van der Waals surface area contributed by atoms with Gasteiger partial charge in [-0.1, -0.05) is 44.2 Å². The van der Waals surface area contributed by atoms with E-state index in [1.807, 2.05) is 44.2 Å². The number of rotatable bonds is 2. The zero-order chi connectivity index (χ0) is 12.7. The van der Waals surface area contributed by atoms with Crippen LogP contribution in [0.4, 0.5) is 0 Å². The molecular weight excluding hydrogens is 214 g/mol. The fourth-order valence-electron chi connectivity index (χ4n) is 2.60. The van der Waals surface area contributed by atoms with E-state index >= 15 is 0 Å². The van der Waals surface area contributed by atoms with Gasteiger partial charge in [0, 0.05) is 18.4 Å². The second-order valence-corrected chi connectivity index (χ2v) is 5.65. The molecule has 1 unspecified atom stereocenters. The molecular formula is C14H19NO2. The maximum atomic E-state index is 12.2. The van der Waals surface area contributed by atoms with E-state index in [1.54, 1.807) is 11.8 Å². The lowest BCUT2D eigenvalue weighted by molar-refractivity contribution is -0.146. The number of benzene rings is 1. The molecule has 0 spiro atoms. The first-order chi connectivity index (χ1) is 7.83. The van der Waals surface area contributed by atoms with Gasteiger partial charge in [0.05, 0.1) is 0 Å². The summed E-state index contributed by atoms with van der Waals surface area (Å²) in [7, 11) is 0. The highest BCUT2D eigenvalue weighted by Gasteiger charge is 2.51. The minimum atomic E-state index is -1.05. The molecule has 3 nitrogen and oxygen atoms in total. The molecule has 1 N–H and O–H groups in total. The first-order valence-electron chi connectivity index (χ1n) is 5.91. The van der Waals surface area contributed by atoms with Gasteiger partial charge in [0.15, 0.2) is 0 Å². The summed E-state index contributed by atoms with van der Waals surface area (Å²) < 4.78 is 0. The number of carbonyl (C=O) groups is 1. The normalized spacial score (nSPS) is 27.5. The maximum Gasteiger partial charge on any atom is 0.230 e. The lowest BCUT2D eigenvalue weighted by Crippen LogP contribution is -2.42. The molecule has 1 fully saturated rings. The molecule has 1 saturated heterocycles. The molecule has 0 aromatic heterocycles. The van der Waals surface area contributed by atoms with Gasteiger partial charge < -0.3 is 10.0 Å². The minimum Gasteiger partial charge on any atom is -0.371 e. The summed E-state index contributed by atoms with van der Waals surface area (Å²) in [6.07, 6.45) is 0.478. The molecule has 1 atom stereocenters. The van der Waals surface area contributed by atoms with Gasteiger partial charge in [0.2, 0.25) is 5.91 Å². The van der Waals surface area contributed by atoms with Gasteiger partial charge in [0.25, 0.3) is 0 Å². The Kier molecular flexibility index (Phi) is 2.74. The van der Waals surface area contributed by atoms with E-state index < -0.39 is 11.1 Å². The second-order valence-electron chi connectivity index (χ2n) is 5.65. The number of hydrogen-bond acceptors (Lipinski definition) is 2. The van der Waals surface area contributed by atoms with E-state index in [-0.39, 0.29) is 5.91 Å². The highest BCUT2D eigenvalue weighted by atomic mass is 16.3. The number of aliphatic hydroxyl groups is 1. The standard InChI is InChI=1S/C14H19NO2/c1-13(2)10-14(3,17)15(12(13)16)9-11-7-5-4-6-8-11/h4-8,17H,9-10H2,1-3H3. The van der Waals surface area contributed by atoms with Crippen LogP contribution in [-0.2, 0) is 11.3 Å². The van der Waals surface area contributed by atoms with E-state index in [1.165, 1.54) is 0 Å². The van der Waals surface area contributed by atoms with E-state index in [4.69, 9.17) is 0 Å². The molecule has 1 aromatic rings. The van der Waals surface area contributed by atoms with Crippen LogP contribution in [0.25, 0.3) is 0 Å². The highest BCUT2D eigenvalue weighted by molar-refractivity contribution is 5.85. The highest BCUT2D eigenvalue weighted by Crippen LogP contribution is 2.41. The maximum absolute atomic E-state index is 12.2. The van der Waals surface area contributed by atoms with Crippen molar-refractivity contribution in [3.8, 4) is 0 Å². The molecule has 0 radical (unpaired) electrons. The Hall–Kier alpha value is -1.35. The third-order valence-electron chi connectivity index (χ3n) is 3.37. The van der Waals surface area contributed by atoms with Crippen LogP contribution in [0.3, 0.4) is 0 Å². The lowest BCUT2D eigenvalue weighted by Gasteiger charge is -2.30. The number of nitrogens with zero attached hydrogens (tertiary/aromatic N) is 1. The lowest BCUT2D eigenvalue weighted by atomic mass is 9.89. The summed E-state index contributed by atoms with van der Waals surface area (Å²) in [5.41, 5.74) is -0.479. The predicted octanol–water partition coefficient (Wildman–Crippen LogP) is 2.15. The second kappa shape index (κ2) is 3.84. The average molecular weight is 233 g/mol. The molecule has 92 valence electrons. The first-order valence-corrected chi connectivity index (χ1v) is 5.91. The SMILES string of the molecule is CC1(C)CC(C)(O)N(Cc2ccccc2)C1=O. The summed E-state index contributed by atoms with van der Waals surface area (Å²) in [6, 6.07) is 9.76. The zero-order valence-electron chi connectivity index (χ0n) is 10.6. The van der Waals surface area contributed by atoms with Gasteiger partial charge in [-0.05, 0) is 12.5 Å². The van der Waals surface area contributed by atoms with Gasteiger partial charge in [-0.3, -0.25) is 4.79 Å². The van der Waals surface area contributed by atoms with E-state index in [2.05, 4.69) is 0 Å². The number of carbonyl (C=O) groups excluding carboxylic acids is 1. The van der Waals surface area contributed by atoms with Crippen LogP contribution >= 0.6 is 0 Å². The number of amides is 1. The van der Waals surface area contributed by atoms with Gasteiger partial charge in [0.1, 0.15) is 5.72 Å². The molecule has 2 rings (SSSR count). The fourth-order valence-corrected chi connectivity index (χ4v) is 2.60. The van der Waals surface area contributed by atoms with Crippen molar-refractivity contribution in [2.75, 3.05) is 0 Å². The quantitative estimate of drug-likeness (QED) is 0.850. The van der Waals surface area contributed by atoms with Crippen molar-refractivity contribution in [2.45, 2.75) is 39.5 Å². The Balaban J connectivity index is 2.24. The van der Waals surface area contributed by atoms with E-state index in [9.17, 15) is 9.90 Å². The Labute approximate surface area is 102 Å². The molecule has 17 heavy (non-hydrogen) atoms. The summed E-state index contributed by atoms with van der Waals surface area (Å²) in [4.78, 5) is 13.8. The Bertz CT molecular complexity index is 423. The summed E-state index contributed by atoms with van der Waals surface area (Å²) >= 11 is 0. The van der Waals surface area contributed by atoms with Crippen molar-refractivity contribution in [1.29, 1.82) is 0 Å². The Morgan fingerprint density at radius 2 is 1.82 bits per heavy atom. The average Bonchev–Trinajstić information content (AvgIpc) is 2.38. The van der Waals surface area contributed by atoms with Crippen LogP contribution in [0.15, 0.2) is 30.3 Å². The van der Waals surface area contributed by atoms with Gasteiger partial charge >= 0.3 is 0 Å². The van der Waals surface area contributed by atoms with Crippen molar-refractivity contribution in [2.24, 2.45) is 5.41 Å². The number of hydrogen-bond donors (Lipinski definition) is 1. The van der Waals surface area contributed by atoms with Crippen molar-refractivity contribution >= 4 is 5.91 Å². The smallest absolute Gasteiger partial charge is 0.230 e. The molecule has 0 aliphatic carbocycles. The molecule has 1 amide bonds. The van der Waals surface area contributed by atoms with Crippen molar-refractivity contribution in [1.82, 2.24) is 4.90 Å². The molecule has 0 saturated carbocycles. The van der Waals surface area contributed by atoms with E-state index in [0.29, 0.717) is 13.0 Å². The number of likely N-dealkylation sites (tertiary alicyclic amines) is 1. The minimum absolute atomic E-state index is 0.0198. The molecule has 3 heteroatoms. The molecule has 1 aliphatic heterocycles. The van der Waals surface area contributed by atoms with Crippen molar-refractivity contribution in [3.63, 3.8) is 0 Å². The molecule has 1 heterocycles.